The first-order valence-corrected chi connectivity index (χ1v) is 9.32. The third-order valence-corrected chi connectivity index (χ3v) is 4.95. The number of esters is 1. The standard InChI is InChI=1S/C20H21N3O5/c1-3-9-23-17-16(18(24)22-20(23)26)14(15-13(21-17)10-28-19(15)25)11-5-7-12(8-6-11)27-4-2/h5-8,14,21H,3-4,9-10H2,1-2H3,(H,22,24,26)/t14-/m0/s1. The van der Waals surface area contributed by atoms with Gasteiger partial charge in [-0.2, -0.15) is 0 Å². The zero-order valence-electron chi connectivity index (χ0n) is 15.7. The summed E-state index contributed by atoms with van der Waals surface area (Å²) in [5.74, 6) is 0.0454. The highest BCUT2D eigenvalue weighted by Crippen LogP contribution is 2.42. The highest BCUT2D eigenvalue weighted by Gasteiger charge is 2.41. The zero-order valence-corrected chi connectivity index (χ0v) is 15.7. The number of carbonyl (C=O) groups is 1. The second-order valence-corrected chi connectivity index (χ2v) is 6.70. The Morgan fingerprint density at radius 3 is 2.61 bits per heavy atom. The molecule has 3 heterocycles. The van der Waals surface area contributed by atoms with E-state index in [1.54, 1.807) is 12.1 Å². The van der Waals surface area contributed by atoms with Crippen molar-refractivity contribution in [2.45, 2.75) is 32.7 Å². The van der Waals surface area contributed by atoms with Gasteiger partial charge in [-0.05, 0) is 31.0 Å². The van der Waals surface area contributed by atoms with Crippen LogP contribution in [0.2, 0.25) is 0 Å². The Balaban J connectivity index is 1.94. The van der Waals surface area contributed by atoms with Crippen molar-refractivity contribution in [3.8, 4) is 5.75 Å². The lowest BCUT2D eigenvalue weighted by atomic mass is 9.83. The van der Waals surface area contributed by atoms with Crippen molar-refractivity contribution < 1.29 is 14.3 Å². The van der Waals surface area contributed by atoms with Crippen LogP contribution < -0.4 is 21.3 Å². The Morgan fingerprint density at radius 2 is 1.93 bits per heavy atom. The summed E-state index contributed by atoms with van der Waals surface area (Å²) in [7, 11) is 0. The van der Waals surface area contributed by atoms with Gasteiger partial charge in [-0.25, -0.2) is 9.59 Å². The first-order valence-electron chi connectivity index (χ1n) is 9.32. The molecule has 0 fully saturated rings. The van der Waals surface area contributed by atoms with Gasteiger partial charge in [0.05, 0.1) is 29.4 Å². The second kappa shape index (κ2) is 7.03. The summed E-state index contributed by atoms with van der Waals surface area (Å²) in [6.45, 7) is 4.92. The Kier molecular flexibility index (Phi) is 4.54. The fourth-order valence-corrected chi connectivity index (χ4v) is 3.78. The molecule has 2 aliphatic rings. The minimum Gasteiger partial charge on any atom is -0.494 e. The van der Waals surface area contributed by atoms with Gasteiger partial charge in [0.25, 0.3) is 5.56 Å². The number of nitrogens with one attached hydrogen (secondary N) is 2. The highest BCUT2D eigenvalue weighted by atomic mass is 16.5. The molecular formula is C20H21N3O5. The average molecular weight is 383 g/mol. The summed E-state index contributed by atoms with van der Waals surface area (Å²) < 4.78 is 12.2. The van der Waals surface area contributed by atoms with E-state index in [0.29, 0.717) is 41.6 Å². The molecule has 0 saturated heterocycles. The molecule has 1 aromatic carbocycles. The molecule has 8 heteroatoms. The van der Waals surface area contributed by atoms with E-state index in [9.17, 15) is 14.4 Å². The van der Waals surface area contributed by atoms with Crippen molar-refractivity contribution in [3.63, 3.8) is 0 Å². The molecular weight excluding hydrogens is 362 g/mol. The smallest absolute Gasteiger partial charge is 0.337 e. The predicted octanol–water partition coefficient (Wildman–Crippen LogP) is 1.71. The third-order valence-electron chi connectivity index (χ3n) is 4.95. The van der Waals surface area contributed by atoms with Crippen molar-refractivity contribution >= 4 is 11.8 Å². The van der Waals surface area contributed by atoms with Crippen LogP contribution in [0.15, 0.2) is 45.1 Å². The minimum absolute atomic E-state index is 0.0915. The number of hydrogen-bond donors (Lipinski definition) is 2. The normalized spacial score (nSPS) is 17.6. The number of aromatic amines is 1. The Bertz CT molecular complexity index is 1080. The maximum atomic E-state index is 12.8. The van der Waals surface area contributed by atoms with E-state index in [1.807, 2.05) is 26.0 Å². The molecule has 2 aliphatic heterocycles. The van der Waals surface area contributed by atoms with Gasteiger partial charge in [0.1, 0.15) is 18.2 Å². The van der Waals surface area contributed by atoms with E-state index in [-0.39, 0.29) is 6.61 Å². The molecule has 2 N–H and O–H groups in total. The zero-order chi connectivity index (χ0) is 19.8. The fraction of sp³-hybridized carbons (Fsp3) is 0.350. The Labute approximate surface area is 160 Å². The summed E-state index contributed by atoms with van der Waals surface area (Å²) in [4.78, 5) is 40.0. The quantitative estimate of drug-likeness (QED) is 0.762. The van der Waals surface area contributed by atoms with Crippen LogP contribution >= 0.6 is 0 Å². The van der Waals surface area contributed by atoms with E-state index < -0.39 is 23.1 Å². The van der Waals surface area contributed by atoms with Crippen molar-refractivity contribution in [2.24, 2.45) is 0 Å². The average Bonchev–Trinajstić information content (AvgIpc) is 3.05. The molecule has 0 amide bonds. The van der Waals surface area contributed by atoms with Crippen LogP contribution in [0, 0.1) is 0 Å². The summed E-state index contributed by atoms with van der Waals surface area (Å²) >= 11 is 0. The van der Waals surface area contributed by atoms with Gasteiger partial charge < -0.3 is 14.8 Å². The summed E-state index contributed by atoms with van der Waals surface area (Å²) in [5, 5.41) is 3.11. The van der Waals surface area contributed by atoms with Crippen LogP contribution in [0.4, 0.5) is 5.82 Å². The topological polar surface area (TPSA) is 102 Å². The molecule has 146 valence electrons. The molecule has 0 radical (unpaired) electrons. The van der Waals surface area contributed by atoms with Crippen molar-refractivity contribution in [1.29, 1.82) is 0 Å². The van der Waals surface area contributed by atoms with Gasteiger partial charge in [0, 0.05) is 6.54 Å². The molecule has 0 saturated carbocycles. The first-order chi connectivity index (χ1) is 13.5. The third kappa shape index (κ3) is 2.81. The number of hydrogen-bond acceptors (Lipinski definition) is 6. The number of cyclic esters (lactones) is 1. The predicted molar refractivity (Wildman–Crippen MR) is 103 cm³/mol. The summed E-state index contributed by atoms with van der Waals surface area (Å²) in [5.41, 5.74) is 1.11. The van der Waals surface area contributed by atoms with Gasteiger partial charge in [-0.3, -0.25) is 14.3 Å². The molecule has 0 bridgehead atoms. The minimum atomic E-state index is -0.621. The maximum absolute atomic E-state index is 12.8. The van der Waals surface area contributed by atoms with Gasteiger partial charge in [-0.1, -0.05) is 19.1 Å². The number of carbonyl (C=O) groups excluding carboxylic acids is 1. The molecule has 0 aliphatic carbocycles. The number of anilines is 1. The molecule has 8 nitrogen and oxygen atoms in total. The van der Waals surface area contributed by atoms with Gasteiger partial charge >= 0.3 is 11.7 Å². The monoisotopic (exact) mass is 383 g/mol. The second-order valence-electron chi connectivity index (χ2n) is 6.70. The fourth-order valence-electron chi connectivity index (χ4n) is 3.78. The lowest BCUT2D eigenvalue weighted by molar-refractivity contribution is -0.136. The summed E-state index contributed by atoms with van der Waals surface area (Å²) in [6.07, 6.45) is 0.717. The molecule has 2 aromatic rings. The number of ether oxygens (including phenoxy) is 2. The maximum Gasteiger partial charge on any atom is 0.337 e. The van der Waals surface area contributed by atoms with E-state index in [1.165, 1.54) is 4.57 Å². The number of benzene rings is 1. The number of rotatable bonds is 5. The van der Waals surface area contributed by atoms with Gasteiger partial charge in [0.15, 0.2) is 0 Å². The van der Waals surface area contributed by atoms with Crippen LogP contribution in [-0.2, 0) is 16.1 Å². The molecule has 1 atom stereocenters. The Hall–Kier alpha value is -3.29. The van der Waals surface area contributed by atoms with Crippen LogP contribution in [0.3, 0.4) is 0 Å². The van der Waals surface area contributed by atoms with E-state index in [0.717, 1.165) is 12.0 Å². The molecule has 0 unspecified atom stereocenters. The first kappa shape index (κ1) is 18.1. The summed E-state index contributed by atoms with van der Waals surface area (Å²) in [6, 6.07) is 7.26. The number of aromatic nitrogens is 2. The molecule has 0 spiro atoms. The van der Waals surface area contributed by atoms with Gasteiger partial charge in [-0.15, -0.1) is 0 Å². The lowest BCUT2D eigenvalue weighted by Crippen LogP contribution is -2.38. The number of H-pyrrole nitrogens is 1. The molecule has 28 heavy (non-hydrogen) atoms. The molecule has 1 aromatic heterocycles. The van der Waals surface area contributed by atoms with Crippen molar-refractivity contribution in [2.75, 3.05) is 18.5 Å². The molecule has 4 rings (SSSR count). The van der Waals surface area contributed by atoms with E-state index in [4.69, 9.17) is 9.47 Å². The van der Waals surface area contributed by atoms with Crippen LogP contribution in [-0.4, -0.2) is 28.7 Å². The number of fused-ring (bicyclic) bond motifs is 1. The highest BCUT2D eigenvalue weighted by molar-refractivity contribution is 5.96. The number of nitrogens with zero attached hydrogens (tertiary/aromatic N) is 1. The van der Waals surface area contributed by atoms with Crippen molar-refractivity contribution in [3.05, 3.63) is 67.5 Å². The lowest BCUT2D eigenvalue weighted by Gasteiger charge is -2.28. The van der Waals surface area contributed by atoms with Crippen LogP contribution in [0.1, 0.15) is 37.3 Å². The van der Waals surface area contributed by atoms with Crippen LogP contribution in [0.5, 0.6) is 5.75 Å². The van der Waals surface area contributed by atoms with E-state index >= 15 is 0 Å². The van der Waals surface area contributed by atoms with E-state index in [2.05, 4.69) is 10.3 Å². The largest absolute Gasteiger partial charge is 0.494 e. The SMILES string of the molecule is CCCn1c2c(c(=O)[nH]c1=O)[C@@H](c1ccc(OCC)cc1)C1=C(COC1=O)N2. The van der Waals surface area contributed by atoms with Crippen molar-refractivity contribution in [1.82, 2.24) is 9.55 Å². The van der Waals surface area contributed by atoms with Crippen LogP contribution in [0.25, 0.3) is 0 Å². The Morgan fingerprint density at radius 1 is 1.18 bits per heavy atom. The van der Waals surface area contributed by atoms with Gasteiger partial charge in [0.2, 0.25) is 0 Å².